The maximum Gasteiger partial charge on any atom is 0.306 e. The van der Waals surface area contributed by atoms with Crippen molar-refractivity contribution in [3.05, 3.63) is 34.9 Å². The van der Waals surface area contributed by atoms with Crippen LogP contribution in [0.1, 0.15) is 51.5 Å². The van der Waals surface area contributed by atoms with E-state index in [4.69, 9.17) is 11.6 Å². The summed E-state index contributed by atoms with van der Waals surface area (Å²) >= 11 is 5.96. The summed E-state index contributed by atoms with van der Waals surface area (Å²) in [6.07, 6.45) is 5.87. The van der Waals surface area contributed by atoms with Crippen molar-refractivity contribution < 1.29 is 9.90 Å². The lowest BCUT2D eigenvalue weighted by atomic mass is 9.85. The van der Waals surface area contributed by atoms with Crippen molar-refractivity contribution in [1.29, 1.82) is 0 Å². The molecule has 1 aromatic carbocycles. The first-order chi connectivity index (χ1) is 9.56. The van der Waals surface area contributed by atoms with Crippen molar-refractivity contribution in [1.82, 2.24) is 0 Å². The fourth-order valence-corrected chi connectivity index (χ4v) is 2.82. The third kappa shape index (κ3) is 5.96. The number of hydrogen-bond donors (Lipinski definition) is 1. The van der Waals surface area contributed by atoms with Crippen molar-refractivity contribution in [3.63, 3.8) is 0 Å². The Bertz CT molecular complexity index is 417. The van der Waals surface area contributed by atoms with E-state index < -0.39 is 5.97 Å². The van der Waals surface area contributed by atoms with Crippen LogP contribution in [0.15, 0.2) is 24.3 Å². The summed E-state index contributed by atoms with van der Waals surface area (Å²) in [7, 11) is 0. The van der Waals surface area contributed by atoms with Gasteiger partial charge in [-0.25, -0.2) is 0 Å². The molecule has 0 heterocycles. The minimum atomic E-state index is -0.695. The SMILES string of the molecule is CCCCC(CC)CC(Cc1cccc(Cl)c1)C(=O)O. The van der Waals surface area contributed by atoms with E-state index in [-0.39, 0.29) is 5.92 Å². The van der Waals surface area contributed by atoms with Gasteiger partial charge in [0.1, 0.15) is 0 Å². The van der Waals surface area contributed by atoms with Crippen molar-refractivity contribution in [2.45, 2.75) is 52.4 Å². The minimum Gasteiger partial charge on any atom is -0.481 e. The Kier molecular flexibility index (Phi) is 7.68. The zero-order valence-electron chi connectivity index (χ0n) is 12.4. The van der Waals surface area contributed by atoms with Crippen LogP contribution in [-0.2, 0) is 11.2 Å². The van der Waals surface area contributed by atoms with Crippen LogP contribution in [0.2, 0.25) is 5.02 Å². The number of carboxylic acids is 1. The molecule has 1 rings (SSSR count). The number of hydrogen-bond acceptors (Lipinski definition) is 1. The van der Waals surface area contributed by atoms with E-state index in [1.165, 1.54) is 12.8 Å². The lowest BCUT2D eigenvalue weighted by Gasteiger charge is -2.20. The predicted octanol–water partition coefficient (Wildman–Crippen LogP) is 5.19. The Morgan fingerprint density at radius 1 is 1.35 bits per heavy atom. The highest BCUT2D eigenvalue weighted by Gasteiger charge is 2.22. The number of carboxylic acid groups (broad SMARTS) is 1. The van der Waals surface area contributed by atoms with Crippen LogP contribution < -0.4 is 0 Å². The summed E-state index contributed by atoms with van der Waals surface area (Å²) in [5.41, 5.74) is 1.01. The second-order valence-corrected chi connectivity index (χ2v) is 5.96. The zero-order chi connectivity index (χ0) is 15.0. The second-order valence-electron chi connectivity index (χ2n) is 5.52. The van der Waals surface area contributed by atoms with Crippen LogP contribution in [0.25, 0.3) is 0 Å². The summed E-state index contributed by atoms with van der Waals surface area (Å²) in [6.45, 7) is 4.33. The topological polar surface area (TPSA) is 37.3 Å². The molecule has 0 fully saturated rings. The van der Waals surface area contributed by atoms with Crippen LogP contribution in [0.3, 0.4) is 0 Å². The Morgan fingerprint density at radius 3 is 2.65 bits per heavy atom. The zero-order valence-corrected chi connectivity index (χ0v) is 13.2. The van der Waals surface area contributed by atoms with E-state index in [0.29, 0.717) is 17.4 Å². The molecule has 0 bridgehead atoms. The number of carbonyl (C=O) groups is 1. The molecule has 3 heteroatoms. The van der Waals surface area contributed by atoms with Crippen LogP contribution in [0.4, 0.5) is 0 Å². The molecule has 2 nitrogen and oxygen atoms in total. The Labute approximate surface area is 127 Å². The maximum absolute atomic E-state index is 11.5. The van der Waals surface area contributed by atoms with Crippen molar-refractivity contribution in [3.8, 4) is 0 Å². The van der Waals surface area contributed by atoms with E-state index in [2.05, 4.69) is 13.8 Å². The summed E-state index contributed by atoms with van der Waals surface area (Å²) in [4.78, 5) is 11.5. The van der Waals surface area contributed by atoms with Gasteiger partial charge >= 0.3 is 5.97 Å². The van der Waals surface area contributed by atoms with Gasteiger partial charge in [0, 0.05) is 5.02 Å². The molecule has 0 radical (unpaired) electrons. The van der Waals surface area contributed by atoms with Gasteiger partial charge in [0.15, 0.2) is 0 Å². The highest BCUT2D eigenvalue weighted by Crippen LogP contribution is 2.25. The maximum atomic E-state index is 11.5. The van der Waals surface area contributed by atoms with Crippen molar-refractivity contribution in [2.75, 3.05) is 0 Å². The van der Waals surface area contributed by atoms with Gasteiger partial charge in [-0.1, -0.05) is 63.3 Å². The van der Waals surface area contributed by atoms with Crippen LogP contribution in [-0.4, -0.2) is 11.1 Å². The summed E-state index contributed by atoms with van der Waals surface area (Å²) in [5.74, 6) is -0.495. The molecule has 1 N–H and O–H groups in total. The molecule has 1 aromatic rings. The smallest absolute Gasteiger partial charge is 0.306 e. The average Bonchev–Trinajstić information content (AvgIpc) is 2.42. The van der Waals surface area contributed by atoms with Crippen molar-refractivity contribution in [2.24, 2.45) is 11.8 Å². The fourth-order valence-electron chi connectivity index (χ4n) is 2.60. The normalized spacial score (nSPS) is 13.9. The monoisotopic (exact) mass is 296 g/mol. The molecule has 0 amide bonds. The van der Waals surface area contributed by atoms with Gasteiger partial charge in [0.2, 0.25) is 0 Å². The molecule has 0 aromatic heterocycles. The molecule has 0 saturated heterocycles. The van der Waals surface area contributed by atoms with Crippen molar-refractivity contribution >= 4 is 17.6 Å². The van der Waals surface area contributed by atoms with Gasteiger partial charge in [-0.3, -0.25) is 4.79 Å². The van der Waals surface area contributed by atoms with Gasteiger partial charge in [0.25, 0.3) is 0 Å². The van der Waals surface area contributed by atoms with Gasteiger partial charge in [-0.2, -0.15) is 0 Å². The summed E-state index contributed by atoms with van der Waals surface area (Å²) in [5, 5.41) is 10.1. The summed E-state index contributed by atoms with van der Waals surface area (Å²) in [6, 6.07) is 7.52. The van der Waals surface area contributed by atoms with Gasteiger partial charge in [0.05, 0.1) is 5.92 Å². The van der Waals surface area contributed by atoms with E-state index in [9.17, 15) is 9.90 Å². The third-order valence-corrected chi connectivity index (χ3v) is 4.12. The predicted molar refractivity (Wildman–Crippen MR) is 84.2 cm³/mol. The highest BCUT2D eigenvalue weighted by atomic mass is 35.5. The number of halogens is 1. The highest BCUT2D eigenvalue weighted by molar-refractivity contribution is 6.30. The van der Waals surface area contributed by atoms with Crippen LogP contribution >= 0.6 is 11.6 Å². The first-order valence-electron chi connectivity index (χ1n) is 7.54. The van der Waals surface area contributed by atoms with E-state index >= 15 is 0 Å². The Morgan fingerprint density at radius 2 is 2.10 bits per heavy atom. The number of rotatable bonds is 9. The largest absolute Gasteiger partial charge is 0.481 e. The Balaban J connectivity index is 2.66. The van der Waals surface area contributed by atoms with Gasteiger partial charge in [-0.15, -0.1) is 0 Å². The molecule has 2 atom stereocenters. The number of benzene rings is 1. The Hall–Kier alpha value is -1.02. The van der Waals surface area contributed by atoms with Crippen LogP contribution in [0.5, 0.6) is 0 Å². The molecule has 0 saturated carbocycles. The van der Waals surface area contributed by atoms with E-state index in [1.807, 2.05) is 24.3 Å². The number of aliphatic carboxylic acids is 1. The molecule has 20 heavy (non-hydrogen) atoms. The fraction of sp³-hybridized carbons (Fsp3) is 0.588. The molecule has 0 aliphatic heterocycles. The lowest BCUT2D eigenvalue weighted by molar-refractivity contribution is -0.142. The lowest BCUT2D eigenvalue weighted by Crippen LogP contribution is -2.20. The minimum absolute atomic E-state index is 0.310. The summed E-state index contributed by atoms with van der Waals surface area (Å²) < 4.78 is 0. The third-order valence-electron chi connectivity index (χ3n) is 3.88. The van der Waals surface area contributed by atoms with E-state index in [1.54, 1.807) is 0 Å². The van der Waals surface area contributed by atoms with Crippen LogP contribution in [0, 0.1) is 11.8 Å². The molecule has 112 valence electrons. The molecule has 2 unspecified atom stereocenters. The quantitative estimate of drug-likeness (QED) is 0.681. The second kappa shape index (κ2) is 9.02. The van der Waals surface area contributed by atoms with Gasteiger partial charge in [-0.05, 0) is 36.5 Å². The standard InChI is InChI=1S/C17H25ClO2/c1-3-5-7-13(4-2)10-15(17(19)20)11-14-8-6-9-16(18)12-14/h6,8-9,12-13,15H,3-5,7,10-11H2,1-2H3,(H,19,20). The number of unbranched alkanes of at least 4 members (excludes halogenated alkanes) is 1. The first kappa shape index (κ1) is 17.0. The molecular formula is C17H25ClO2. The molecule has 0 spiro atoms. The van der Waals surface area contributed by atoms with Gasteiger partial charge < -0.3 is 5.11 Å². The molecular weight excluding hydrogens is 272 g/mol. The average molecular weight is 297 g/mol. The van der Waals surface area contributed by atoms with E-state index in [0.717, 1.165) is 24.8 Å². The molecule has 0 aliphatic carbocycles. The molecule has 0 aliphatic rings. The first-order valence-corrected chi connectivity index (χ1v) is 7.91.